The van der Waals surface area contributed by atoms with Gasteiger partial charge in [-0.3, -0.25) is 4.79 Å². The van der Waals surface area contributed by atoms with Gasteiger partial charge in [0.15, 0.2) is 0 Å². The van der Waals surface area contributed by atoms with Crippen molar-refractivity contribution in [3.63, 3.8) is 0 Å². The van der Waals surface area contributed by atoms with Gasteiger partial charge in [0, 0.05) is 18.4 Å². The van der Waals surface area contributed by atoms with Crippen LogP contribution in [0.1, 0.15) is 39.4 Å². The van der Waals surface area contributed by atoms with E-state index >= 15 is 0 Å². The van der Waals surface area contributed by atoms with E-state index in [1.165, 1.54) is 0 Å². The molecule has 0 saturated carbocycles. The molecule has 1 rings (SSSR count). The molecule has 0 aliphatic rings. The Bertz CT molecular complexity index is 306. The summed E-state index contributed by atoms with van der Waals surface area (Å²) in [5.74, 6) is 1.23. The highest BCUT2D eigenvalue weighted by molar-refractivity contribution is 5.78. The number of carbonyl (C=O) groups excluding carboxylic acids is 1. The third kappa shape index (κ3) is 4.09. The van der Waals surface area contributed by atoms with E-state index in [-0.39, 0.29) is 17.9 Å². The first-order valence-corrected chi connectivity index (χ1v) is 5.96. The van der Waals surface area contributed by atoms with E-state index in [0.29, 0.717) is 0 Å². The Hall–Kier alpha value is -1.25. The lowest BCUT2D eigenvalue weighted by molar-refractivity contribution is -0.125. The van der Waals surface area contributed by atoms with Crippen LogP contribution in [0.4, 0.5) is 0 Å². The van der Waals surface area contributed by atoms with Crippen molar-refractivity contribution in [1.29, 1.82) is 0 Å². The first-order valence-electron chi connectivity index (χ1n) is 5.96. The summed E-state index contributed by atoms with van der Waals surface area (Å²) in [6, 6.07) is 4.05. The summed E-state index contributed by atoms with van der Waals surface area (Å²) in [4.78, 5) is 11.6. The molecule has 0 unspecified atom stereocenters. The minimum atomic E-state index is 0.103. The van der Waals surface area contributed by atoms with E-state index in [0.717, 1.165) is 25.0 Å². The molecule has 0 aliphatic carbocycles. The molecule has 0 radical (unpaired) electrons. The van der Waals surface area contributed by atoms with Gasteiger partial charge in [-0.15, -0.1) is 0 Å². The van der Waals surface area contributed by atoms with Crippen molar-refractivity contribution in [2.75, 3.05) is 0 Å². The number of nitrogens with one attached hydrogen (secondary N) is 1. The zero-order valence-corrected chi connectivity index (χ0v) is 10.3. The molecule has 2 atom stereocenters. The lowest BCUT2D eigenvalue weighted by Crippen LogP contribution is -2.36. The van der Waals surface area contributed by atoms with Gasteiger partial charge in [-0.05, 0) is 31.9 Å². The van der Waals surface area contributed by atoms with Crippen LogP contribution >= 0.6 is 0 Å². The van der Waals surface area contributed by atoms with E-state index in [1.807, 2.05) is 32.9 Å². The van der Waals surface area contributed by atoms with E-state index in [1.54, 1.807) is 6.26 Å². The molecular formula is C13H21NO2. The molecule has 0 saturated heterocycles. The van der Waals surface area contributed by atoms with Gasteiger partial charge >= 0.3 is 0 Å². The zero-order chi connectivity index (χ0) is 12.0. The van der Waals surface area contributed by atoms with Crippen LogP contribution in [-0.4, -0.2) is 11.9 Å². The summed E-state index contributed by atoms with van der Waals surface area (Å²) in [5.41, 5.74) is 0. The molecule has 1 heterocycles. The van der Waals surface area contributed by atoms with E-state index < -0.39 is 0 Å². The van der Waals surface area contributed by atoms with Crippen LogP contribution < -0.4 is 5.32 Å². The minimum absolute atomic E-state index is 0.103. The summed E-state index contributed by atoms with van der Waals surface area (Å²) >= 11 is 0. The van der Waals surface area contributed by atoms with Crippen LogP contribution in [0.25, 0.3) is 0 Å². The minimum Gasteiger partial charge on any atom is -0.469 e. The predicted molar refractivity (Wildman–Crippen MR) is 64.1 cm³/mol. The molecule has 0 bridgehead atoms. The molecule has 1 amide bonds. The summed E-state index contributed by atoms with van der Waals surface area (Å²) in [5, 5.41) is 3.01. The fourth-order valence-corrected chi connectivity index (χ4v) is 1.46. The van der Waals surface area contributed by atoms with Gasteiger partial charge in [0.25, 0.3) is 0 Å². The molecule has 1 aromatic heterocycles. The smallest absolute Gasteiger partial charge is 0.223 e. The normalized spacial score (nSPS) is 14.4. The third-order valence-corrected chi connectivity index (χ3v) is 2.85. The second-order valence-electron chi connectivity index (χ2n) is 4.34. The topological polar surface area (TPSA) is 42.2 Å². The van der Waals surface area contributed by atoms with Gasteiger partial charge in [-0.25, -0.2) is 0 Å². The number of aryl methyl sites for hydroxylation is 1. The van der Waals surface area contributed by atoms with Crippen molar-refractivity contribution >= 4 is 5.91 Å². The largest absolute Gasteiger partial charge is 0.469 e. The van der Waals surface area contributed by atoms with Crippen LogP contribution in [0, 0.1) is 5.92 Å². The van der Waals surface area contributed by atoms with E-state index in [4.69, 9.17) is 4.42 Å². The third-order valence-electron chi connectivity index (χ3n) is 2.85. The number of rotatable bonds is 6. The van der Waals surface area contributed by atoms with Crippen molar-refractivity contribution in [3.05, 3.63) is 24.2 Å². The fourth-order valence-electron chi connectivity index (χ4n) is 1.46. The second-order valence-corrected chi connectivity index (χ2v) is 4.34. The van der Waals surface area contributed by atoms with Crippen LogP contribution in [0.3, 0.4) is 0 Å². The number of hydrogen-bond acceptors (Lipinski definition) is 2. The fraction of sp³-hybridized carbons (Fsp3) is 0.615. The molecule has 3 heteroatoms. The molecular weight excluding hydrogens is 202 g/mol. The first kappa shape index (κ1) is 12.8. The summed E-state index contributed by atoms with van der Waals surface area (Å²) < 4.78 is 5.24. The average molecular weight is 223 g/mol. The van der Waals surface area contributed by atoms with Crippen molar-refractivity contribution in [2.24, 2.45) is 5.92 Å². The van der Waals surface area contributed by atoms with Crippen molar-refractivity contribution < 1.29 is 9.21 Å². The summed E-state index contributed by atoms with van der Waals surface area (Å²) in [6.45, 7) is 6.01. The van der Waals surface area contributed by atoms with Crippen molar-refractivity contribution in [1.82, 2.24) is 5.32 Å². The molecule has 1 N–H and O–H groups in total. The van der Waals surface area contributed by atoms with Crippen LogP contribution in [0.15, 0.2) is 22.8 Å². The predicted octanol–water partition coefficient (Wildman–Crippen LogP) is 2.76. The molecule has 0 spiro atoms. The Morgan fingerprint density at radius 2 is 2.25 bits per heavy atom. The van der Waals surface area contributed by atoms with Crippen molar-refractivity contribution in [2.45, 2.75) is 46.1 Å². The maximum atomic E-state index is 11.6. The van der Waals surface area contributed by atoms with Crippen molar-refractivity contribution in [3.8, 4) is 0 Å². The van der Waals surface area contributed by atoms with Crippen LogP contribution in [0.5, 0.6) is 0 Å². The molecule has 0 fully saturated rings. The maximum Gasteiger partial charge on any atom is 0.223 e. The highest BCUT2D eigenvalue weighted by Crippen LogP contribution is 2.07. The van der Waals surface area contributed by atoms with E-state index in [9.17, 15) is 4.79 Å². The molecule has 0 aliphatic heterocycles. The standard InChI is InChI=1S/C13H21NO2/c1-4-10(2)13(15)14-11(3)7-8-12-6-5-9-16-12/h5-6,9-11H,4,7-8H2,1-3H3,(H,14,15)/t10-,11+/m0/s1. The summed E-state index contributed by atoms with van der Waals surface area (Å²) in [7, 11) is 0. The average Bonchev–Trinajstić information content (AvgIpc) is 2.78. The molecule has 0 aromatic carbocycles. The lowest BCUT2D eigenvalue weighted by Gasteiger charge is -2.16. The second kappa shape index (κ2) is 6.36. The van der Waals surface area contributed by atoms with Gasteiger partial charge in [-0.2, -0.15) is 0 Å². The highest BCUT2D eigenvalue weighted by atomic mass is 16.3. The monoisotopic (exact) mass is 223 g/mol. The maximum absolute atomic E-state index is 11.6. The SMILES string of the molecule is CC[C@H](C)C(=O)N[C@H](C)CCc1ccco1. The van der Waals surface area contributed by atoms with E-state index in [2.05, 4.69) is 5.32 Å². The molecule has 3 nitrogen and oxygen atoms in total. The van der Waals surface area contributed by atoms with Gasteiger partial charge in [0.1, 0.15) is 5.76 Å². The van der Waals surface area contributed by atoms with Crippen LogP contribution in [0.2, 0.25) is 0 Å². The lowest BCUT2D eigenvalue weighted by atomic mass is 10.1. The van der Waals surface area contributed by atoms with Gasteiger partial charge in [0.2, 0.25) is 5.91 Å². The number of furan rings is 1. The van der Waals surface area contributed by atoms with Gasteiger partial charge in [0.05, 0.1) is 6.26 Å². The number of amides is 1. The van der Waals surface area contributed by atoms with Crippen LogP contribution in [-0.2, 0) is 11.2 Å². The molecule has 90 valence electrons. The molecule has 1 aromatic rings. The number of hydrogen-bond donors (Lipinski definition) is 1. The Morgan fingerprint density at radius 1 is 1.50 bits per heavy atom. The quantitative estimate of drug-likeness (QED) is 0.805. The van der Waals surface area contributed by atoms with Gasteiger partial charge in [-0.1, -0.05) is 13.8 Å². The Kier molecular flexibility index (Phi) is 5.09. The molecule has 16 heavy (non-hydrogen) atoms. The van der Waals surface area contributed by atoms with Gasteiger partial charge < -0.3 is 9.73 Å². The Balaban J connectivity index is 2.25. The zero-order valence-electron chi connectivity index (χ0n) is 10.3. The Labute approximate surface area is 97.2 Å². The first-order chi connectivity index (χ1) is 7.63. The Morgan fingerprint density at radius 3 is 2.81 bits per heavy atom. The highest BCUT2D eigenvalue weighted by Gasteiger charge is 2.13. The number of carbonyl (C=O) groups is 1. The summed E-state index contributed by atoms with van der Waals surface area (Å²) in [6.07, 6.45) is 4.35.